The van der Waals surface area contributed by atoms with E-state index in [0.717, 1.165) is 19.3 Å². The van der Waals surface area contributed by atoms with Crippen molar-refractivity contribution in [1.82, 2.24) is 0 Å². The van der Waals surface area contributed by atoms with Crippen LogP contribution in [0.25, 0.3) is 0 Å². The van der Waals surface area contributed by atoms with E-state index in [4.69, 9.17) is 5.11 Å². The number of para-hydroxylation sites is 1. The number of aliphatic carboxylic acids is 1. The first-order chi connectivity index (χ1) is 9.49. The first-order valence-electron chi connectivity index (χ1n) is 6.80. The lowest BCUT2D eigenvalue weighted by molar-refractivity contribution is -0.136. The van der Waals surface area contributed by atoms with E-state index in [9.17, 15) is 13.2 Å². The Morgan fingerprint density at radius 1 is 1.20 bits per heavy atom. The summed E-state index contributed by atoms with van der Waals surface area (Å²) in [5, 5.41) is 8.49. The molecule has 0 amide bonds. The third-order valence-electron chi connectivity index (χ3n) is 3.60. The summed E-state index contributed by atoms with van der Waals surface area (Å²) < 4.78 is 27.2. The average molecular weight is 297 g/mol. The zero-order chi connectivity index (χ0) is 14.6. The minimum Gasteiger partial charge on any atom is -0.481 e. The molecule has 0 aliphatic heterocycles. The van der Waals surface area contributed by atoms with Gasteiger partial charge < -0.3 is 5.11 Å². The van der Waals surface area contributed by atoms with Crippen LogP contribution >= 0.6 is 0 Å². The molecule has 110 valence electrons. The lowest BCUT2D eigenvalue weighted by Gasteiger charge is -2.23. The first kappa shape index (κ1) is 14.8. The molecule has 0 saturated heterocycles. The molecule has 0 atom stereocenters. The minimum absolute atomic E-state index is 0.191. The standard InChI is InChI=1S/C14H19NO4S/c16-14(17)10-11-6-4-5-9-13(11)15-20(18,19)12-7-2-1-3-8-12/h4-6,9,12,15H,1-3,7-8,10H2,(H,16,17). The van der Waals surface area contributed by atoms with E-state index in [1.165, 1.54) is 0 Å². The van der Waals surface area contributed by atoms with E-state index < -0.39 is 16.0 Å². The molecular formula is C14H19NO4S. The number of carboxylic acids is 1. The summed E-state index contributed by atoms with van der Waals surface area (Å²) in [4.78, 5) is 10.8. The summed E-state index contributed by atoms with van der Waals surface area (Å²) >= 11 is 0. The molecule has 0 aromatic heterocycles. The van der Waals surface area contributed by atoms with E-state index in [1.807, 2.05) is 0 Å². The van der Waals surface area contributed by atoms with Gasteiger partial charge in [-0.2, -0.15) is 0 Å². The summed E-state index contributed by atoms with van der Waals surface area (Å²) in [5.41, 5.74) is 0.861. The van der Waals surface area contributed by atoms with Gasteiger partial charge in [0.25, 0.3) is 0 Å². The van der Waals surface area contributed by atoms with Crippen LogP contribution in [0, 0.1) is 0 Å². The third kappa shape index (κ3) is 3.72. The molecule has 0 radical (unpaired) electrons. The number of benzene rings is 1. The van der Waals surface area contributed by atoms with Crippen LogP contribution in [0.5, 0.6) is 0 Å². The predicted molar refractivity (Wildman–Crippen MR) is 77.2 cm³/mol. The van der Waals surface area contributed by atoms with E-state index in [1.54, 1.807) is 24.3 Å². The average Bonchev–Trinajstić information content (AvgIpc) is 2.41. The van der Waals surface area contributed by atoms with Crippen LogP contribution in [0.4, 0.5) is 5.69 Å². The van der Waals surface area contributed by atoms with Crippen LogP contribution < -0.4 is 4.72 Å². The normalized spacial score (nSPS) is 16.8. The largest absolute Gasteiger partial charge is 0.481 e. The van der Waals surface area contributed by atoms with E-state index in [0.29, 0.717) is 24.1 Å². The van der Waals surface area contributed by atoms with Crippen LogP contribution in [0.3, 0.4) is 0 Å². The molecule has 0 unspecified atom stereocenters. The Hall–Kier alpha value is -1.56. The van der Waals surface area contributed by atoms with Crippen molar-refractivity contribution in [2.24, 2.45) is 0 Å². The van der Waals surface area contributed by atoms with Gasteiger partial charge in [-0.15, -0.1) is 0 Å². The van der Waals surface area contributed by atoms with Crippen LogP contribution in [0.1, 0.15) is 37.7 Å². The highest BCUT2D eigenvalue weighted by atomic mass is 32.2. The summed E-state index contributed by atoms with van der Waals surface area (Å²) in [6.07, 6.45) is 4.11. The molecule has 1 aliphatic rings. The molecule has 2 N–H and O–H groups in total. The first-order valence-corrected chi connectivity index (χ1v) is 8.35. The lowest BCUT2D eigenvalue weighted by Crippen LogP contribution is -2.30. The van der Waals surface area contributed by atoms with Gasteiger partial charge in [0, 0.05) is 0 Å². The highest BCUT2D eigenvalue weighted by molar-refractivity contribution is 7.93. The molecule has 1 aromatic carbocycles. The maximum Gasteiger partial charge on any atom is 0.307 e. The monoisotopic (exact) mass is 297 g/mol. The fraction of sp³-hybridized carbons (Fsp3) is 0.500. The van der Waals surface area contributed by atoms with Gasteiger partial charge in [0.15, 0.2) is 0 Å². The zero-order valence-corrected chi connectivity index (χ0v) is 12.0. The van der Waals surface area contributed by atoms with Crippen LogP contribution in [0.2, 0.25) is 0 Å². The van der Waals surface area contributed by atoms with Gasteiger partial charge in [-0.25, -0.2) is 8.42 Å². The van der Waals surface area contributed by atoms with Crippen molar-refractivity contribution < 1.29 is 18.3 Å². The van der Waals surface area contributed by atoms with Crippen LogP contribution in [-0.4, -0.2) is 24.7 Å². The molecule has 1 aromatic rings. The number of carbonyl (C=O) groups is 1. The Balaban J connectivity index is 2.18. The van der Waals surface area contributed by atoms with E-state index in [-0.39, 0.29) is 11.7 Å². The lowest BCUT2D eigenvalue weighted by atomic mass is 10.0. The van der Waals surface area contributed by atoms with Crippen molar-refractivity contribution in [3.8, 4) is 0 Å². The van der Waals surface area contributed by atoms with Crippen molar-refractivity contribution in [3.63, 3.8) is 0 Å². The maximum atomic E-state index is 12.3. The Kier molecular flexibility index (Phi) is 4.65. The summed E-state index contributed by atoms with van der Waals surface area (Å²) in [6, 6.07) is 6.65. The molecule has 6 heteroatoms. The topological polar surface area (TPSA) is 83.5 Å². The molecule has 1 saturated carbocycles. The van der Waals surface area contributed by atoms with Gasteiger partial charge in [-0.05, 0) is 24.5 Å². The van der Waals surface area contributed by atoms with Crippen molar-refractivity contribution in [2.45, 2.75) is 43.8 Å². The van der Waals surface area contributed by atoms with Gasteiger partial charge in [-0.1, -0.05) is 37.5 Å². The molecule has 1 fully saturated rings. The SMILES string of the molecule is O=C(O)Cc1ccccc1NS(=O)(=O)C1CCCCC1. The Bertz CT molecular complexity index is 577. The summed E-state index contributed by atoms with van der Waals surface area (Å²) in [6.45, 7) is 0. The van der Waals surface area contributed by atoms with Gasteiger partial charge in [0.1, 0.15) is 0 Å². The van der Waals surface area contributed by atoms with Crippen LogP contribution in [0.15, 0.2) is 24.3 Å². The molecule has 20 heavy (non-hydrogen) atoms. The van der Waals surface area contributed by atoms with Crippen LogP contribution in [-0.2, 0) is 21.2 Å². The Morgan fingerprint density at radius 2 is 1.85 bits per heavy atom. The van der Waals surface area contributed by atoms with Gasteiger partial charge in [-0.3, -0.25) is 9.52 Å². The van der Waals surface area contributed by atoms with Crippen molar-refractivity contribution >= 4 is 21.7 Å². The van der Waals surface area contributed by atoms with Gasteiger partial charge in [0.2, 0.25) is 10.0 Å². The number of nitrogens with one attached hydrogen (secondary N) is 1. The molecule has 0 bridgehead atoms. The van der Waals surface area contributed by atoms with Gasteiger partial charge in [0.05, 0.1) is 17.4 Å². The number of carboxylic acid groups (broad SMARTS) is 1. The highest BCUT2D eigenvalue weighted by Gasteiger charge is 2.27. The molecule has 1 aliphatic carbocycles. The number of hydrogen-bond donors (Lipinski definition) is 2. The second kappa shape index (κ2) is 6.26. The predicted octanol–water partition coefficient (Wildman–Crippen LogP) is 2.39. The fourth-order valence-electron chi connectivity index (χ4n) is 2.55. The minimum atomic E-state index is -3.44. The van der Waals surface area contributed by atoms with Crippen molar-refractivity contribution in [3.05, 3.63) is 29.8 Å². The summed E-state index contributed by atoms with van der Waals surface area (Å²) in [7, 11) is -3.44. The molecule has 0 spiro atoms. The molecule has 5 nitrogen and oxygen atoms in total. The highest BCUT2D eigenvalue weighted by Crippen LogP contribution is 2.26. The maximum absolute atomic E-state index is 12.3. The van der Waals surface area contributed by atoms with E-state index in [2.05, 4.69) is 4.72 Å². The van der Waals surface area contributed by atoms with Crippen molar-refractivity contribution in [1.29, 1.82) is 0 Å². The third-order valence-corrected chi connectivity index (χ3v) is 5.46. The molecular weight excluding hydrogens is 278 g/mol. The second-order valence-corrected chi connectivity index (χ2v) is 7.10. The zero-order valence-electron chi connectivity index (χ0n) is 11.2. The number of sulfonamides is 1. The number of rotatable bonds is 5. The summed E-state index contributed by atoms with van der Waals surface area (Å²) in [5.74, 6) is -0.977. The molecule has 2 rings (SSSR count). The van der Waals surface area contributed by atoms with Gasteiger partial charge >= 0.3 is 5.97 Å². The number of anilines is 1. The Morgan fingerprint density at radius 3 is 2.50 bits per heavy atom. The quantitative estimate of drug-likeness (QED) is 0.874. The molecule has 0 heterocycles. The number of hydrogen-bond acceptors (Lipinski definition) is 3. The smallest absolute Gasteiger partial charge is 0.307 e. The van der Waals surface area contributed by atoms with E-state index >= 15 is 0 Å². The van der Waals surface area contributed by atoms with Crippen molar-refractivity contribution in [2.75, 3.05) is 4.72 Å². The fourth-order valence-corrected chi connectivity index (χ4v) is 4.18. The Labute approximate surface area is 119 Å². The second-order valence-electron chi connectivity index (χ2n) is 5.13.